The first-order valence-corrected chi connectivity index (χ1v) is 12.5. The second-order valence-electron chi connectivity index (χ2n) is 10.8. The number of aryl methyl sites for hydroxylation is 2. The predicted molar refractivity (Wildman–Crippen MR) is 151 cm³/mol. The summed E-state index contributed by atoms with van der Waals surface area (Å²) < 4.78 is 25.9. The number of aromatic nitrogens is 1. The largest absolute Gasteiger partial charge is 0.455 e. The van der Waals surface area contributed by atoms with Crippen LogP contribution in [-0.4, -0.2) is 0 Å². The van der Waals surface area contributed by atoms with Crippen molar-refractivity contribution >= 4 is 32.7 Å². The normalized spacial score (nSPS) is 13.4. The van der Waals surface area contributed by atoms with Crippen molar-refractivity contribution in [2.75, 3.05) is 0 Å². The van der Waals surface area contributed by atoms with E-state index in [1.165, 1.54) is 10.8 Å². The van der Waals surface area contributed by atoms with Crippen molar-refractivity contribution in [2.24, 2.45) is 12.5 Å². The highest BCUT2D eigenvalue weighted by molar-refractivity contribution is 6.20. The van der Waals surface area contributed by atoms with Crippen LogP contribution in [0.2, 0.25) is 0 Å². The molecule has 4 aromatic carbocycles. The SMILES string of the molecule is [2H]C([2H])(c1ccc(-c2cc[n+](C)c(-c3c(C)ccc4c3oc3ccc5ccccc5c34)c2)cc1)C(C)(C)C. The van der Waals surface area contributed by atoms with Gasteiger partial charge in [-0.25, -0.2) is 4.57 Å². The summed E-state index contributed by atoms with van der Waals surface area (Å²) in [5.41, 5.74) is 7.46. The van der Waals surface area contributed by atoms with E-state index in [4.69, 9.17) is 7.16 Å². The summed E-state index contributed by atoms with van der Waals surface area (Å²) in [5, 5.41) is 4.68. The van der Waals surface area contributed by atoms with Crippen molar-refractivity contribution in [3.8, 4) is 22.4 Å². The fourth-order valence-electron chi connectivity index (χ4n) is 5.20. The van der Waals surface area contributed by atoms with Gasteiger partial charge in [-0.1, -0.05) is 87.5 Å². The highest BCUT2D eigenvalue weighted by Crippen LogP contribution is 2.40. The van der Waals surface area contributed by atoms with Gasteiger partial charge in [0.1, 0.15) is 18.2 Å². The molecule has 0 radical (unpaired) electrons. The van der Waals surface area contributed by atoms with E-state index in [1.807, 2.05) is 45.0 Å². The molecule has 2 aromatic heterocycles. The van der Waals surface area contributed by atoms with Gasteiger partial charge in [-0.3, -0.25) is 0 Å². The van der Waals surface area contributed by atoms with E-state index in [0.29, 0.717) is 5.56 Å². The molecule has 2 heteroatoms. The zero-order valence-corrected chi connectivity index (χ0v) is 21.5. The molecule has 0 aliphatic carbocycles. The molecule has 0 atom stereocenters. The molecular weight excluding hydrogens is 438 g/mol. The van der Waals surface area contributed by atoms with E-state index in [2.05, 4.69) is 85.4 Å². The van der Waals surface area contributed by atoms with Crippen LogP contribution in [0.15, 0.2) is 95.5 Å². The molecule has 178 valence electrons. The van der Waals surface area contributed by atoms with Gasteiger partial charge in [0.05, 0.1) is 5.56 Å². The summed E-state index contributed by atoms with van der Waals surface area (Å²) in [5.74, 6) is 0. The maximum absolute atomic E-state index is 8.62. The Hall–Kier alpha value is -3.91. The molecule has 0 saturated carbocycles. The van der Waals surface area contributed by atoms with Crippen molar-refractivity contribution < 1.29 is 11.7 Å². The van der Waals surface area contributed by atoms with Crippen LogP contribution in [0.4, 0.5) is 0 Å². The van der Waals surface area contributed by atoms with Gasteiger partial charge < -0.3 is 4.42 Å². The van der Waals surface area contributed by atoms with E-state index in [-0.39, 0.29) is 0 Å². The summed E-state index contributed by atoms with van der Waals surface area (Å²) >= 11 is 0. The standard InChI is InChI=1S/C34H32NO/c1-22-10-16-28-32-27-9-7-6-8-25(27)15-17-30(32)36-33(28)31(22)29-20-26(18-19-35(29)5)24-13-11-23(12-14-24)21-34(2,3)4/h6-20H,21H2,1-5H3/q+1/i21D2. The van der Waals surface area contributed by atoms with Crippen LogP contribution in [0.3, 0.4) is 0 Å². The molecule has 2 heterocycles. The molecule has 0 fully saturated rings. The molecular formula is C34H32NO+. The highest BCUT2D eigenvalue weighted by atomic mass is 16.3. The molecule has 6 aromatic rings. The summed E-state index contributed by atoms with van der Waals surface area (Å²) in [6, 6.07) is 29.2. The third-order valence-corrected chi connectivity index (χ3v) is 6.88. The molecule has 0 aliphatic heterocycles. The van der Waals surface area contributed by atoms with Gasteiger partial charge in [-0.15, -0.1) is 0 Å². The Bertz CT molecular complexity index is 1840. The van der Waals surface area contributed by atoms with Crippen molar-refractivity contribution in [2.45, 2.75) is 34.1 Å². The monoisotopic (exact) mass is 472 g/mol. The number of hydrogen-bond acceptors (Lipinski definition) is 1. The Morgan fingerprint density at radius 3 is 2.39 bits per heavy atom. The Kier molecular flexibility index (Phi) is 4.70. The minimum absolute atomic E-state index is 0.490. The Balaban J connectivity index is 1.52. The summed E-state index contributed by atoms with van der Waals surface area (Å²) in [4.78, 5) is 0. The zero-order valence-electron chi connectivity index (χ0n) is 23.5. The van der Waals surface area contributed by atoms with Crippen LogP contribution in [0, 0.1) is 12.3 Å². The Morgan fingerprint density at radius 2 is 1.61 bits per heavy atom. The van der Waals surface area contributed by atoms with Crippen molar-refractivity contribution in [1.82, 2.24) is 0 Å². The first-order valence-electron chi connectivity index (χ1n) is 13.5. The predicted octanol–water partition coefficient (Wildman–Crippen LogP) is 8.79. The lowest BCUT2D eigenvalue weighted by Gasteiger charge is -2.18. The number of nitrogens with zero attached hydrogens (tertiary/aromatic N) is 1. The van der Waals surface area contributed by atoms with Crippen molar-refractivity contribution in [1.29, 1.82) is 0 Å². The van der Waals surface area contributed by atoms with Crippen LogP contribution >= 0.6 is 0 Å². The lowest BCUT2D eigenvalue weighted by molar-refractivity contribution is -0.660. The maximum atomic E-state index is 8.62. The van der Waals surface area contributed by atoms with Gasteiger partial charge >= 0.3 is 0 Å². The fourth-order valence-corrected chi connectivity index (χ4v) is 5.20. The second-order valence-corrected chi connectivity index (χ2v) is 10.8. The van der Waals surface area contributed by atoms with Gasteiger partial charge in [0, 0.05) is 25.6 Å². The minimum atomic E-state index is -1.42. The van der Waals surface area contributed by atoms with Crippen LogP contribution in [0.1, 0.15) is 34.6 Å². The number of furan rings is 1. The van der Waals surface area contributed by atoms with Gasteiger partial charge in [-0.05, 0) is 57.8 Å². The third kappa shape index (κ3) is 3.87. The van der Waals surface area contributed by atoms with Gasteiger partial charge in [-0.2, -0.15) is 0 Å². The van der Waals surface area contributed by atoms with Gasteiger partial charge in [0.15, 0.2) is 6.20 Å². The molecule has 6 rings (SSSR count). The lowest BCUT2D eigenvalue weighted by Crippen LogP contribution is -2.30. The Labute approximate surface area is 215 Å². The number of pyridine rings is 1. The molecule has 0 unspecified atom stereocenters. The number of fused-ring (bicyclic) bond motifs is 5. The molecule has 0 aliphatic rings. The minimum Gasteiger partial charge on any atom is -0.455 e. The summed E-state index contributed by atoms with van der Waals surface area (Å²) in [6.07, 6.45) is 0.668. The van der Waals surface area contributed by atoms with Crippen LogP contribution in [0.5, 0.6) is 0 Å². The van der Waals surface area contributed by atoms with Crippen LogP contribution in [-0.2, 0) is 13.4 Å². The average Bonchev–Trinajstić information content (AvgIpc) is 3.28. The Morgan fingerprint density at radius 1 is 0.833 bits per heavy atom. The maximum Gasteiger partial charge on any atom is 0.216 e. The number of benzene rings is 4. The van der Waals surface area contributed by atoms with E-state index in [1.54, 1.807) is 0 Å². The lowest BCUT2D eigenvalue weighted by atomic mass is 9.87. The van der Waals surface area contributed by atoms with E-state index >= 15 is 0 Å². The molecule has 0 bridgehead atoms. The smallest absolute Gasteiger partial charge is 0.216 e. The van der Waals surface area contributed by atoms with Gasteiger partial charge in [0.2, 0.25) is 5.69 Å². The number of hydrogen-bond donors (Lipinski definition) is 0. The number of rotatable bonds is 3. The first-order chi connectivity index (χ1) is 18.1. The second kappa shape index (κ2) is 8.34. The first kappa shape index (κ1) is 20.3. The summed E-state index contributed by atoms with van der Waals surface area (Å²) in [7, 11) is 2.07. The topological polar surface area (TPSA) is 17.0 Å². The zero-order chi connectivity index (χ0) is 26.8. The molecule has 0 amide bonds. The fraction of sp³-hybridized carbons (Fsp3) is 0.206. The average molecular weight is 473 g/mol. The van der Waals surface area contributed by atoms with Crippen molar-refractivity contribution in [3.05, 3.63) is 102 Å². The molecule has 0 N–H and O–H groups in total. The van der Waals surface area contributed by atoms with E-state index < -0.39 is 11.8 Å². The van der Waals surface area contributed by atoms with E-state index in [9.17, 15) is 0 Å². The molecule has 36 heavy (non-hydrogen) atoms. The highest BCUT2D eigenvalue weighted by Gasteiger charge is 2.22. The molecule has 0 saturated heterocycles. The quantitative estimate of drug-likeness (QED) is 0.235. The third-order valence-electron chi connectivity index (χ3n) is 6.88. The van der Waals surface area contributed by atoms with Crippen LogP contribution < -0.4 is 4.57 Å². The summed E-state index contributed by atoms with van der Waals surface area (Å²) in [6.45, 7) is 7.95. The van der Waals surface area contributed by atoms with Crippen LogP contribution in [0.25, 0.3) is 55.1 Å². The molecule has 2 nitrogen and oxygen atoms in total. The van der Waals surface area contributed by atoms with Gasteiger partial charge in [0.25, 0.3) is 0 Å². The molecule has 0 spiro atoms. The van der Waals surface area contributed by atoms with E-state index in [0.717, 1.165) is 49.9 Å². The van der Waals surface area contributed by atoms with Crippen molar-refractivity contribution in [3.63, 3.8) is 0 Å².